The number of carbonyl (C=O) groups excluding carboxylic acids is 1. The zero-order valence-electron chi connectivity index (χ0n) is 14.2. The number of hydrogen-bond acceptors (Lipinski definition) is 2. The van der Waals surface area contributed by atoms with Gasteiger partial charge >= 0.3 is 5.97 Å². The Morgan fingerprint density at radius 1 is 1.19 bits per heavy atom. The number of aromatic nitrogens is 1. The third-order valence-electron chi connectivity index (χ3n) is 5.02. The van der Waals surface area contributed by atoms with Crippen molar-refractivity contribution in [2.24, 2.45) is 0 Å². The number of H-pyrrole nitrogens is 1. The van der Waals surface area contributed by atoms with Crippen molar-refractivity contribution in [2.45, 2.75) is 18.5 Å². The molecule has 0 aliphatic carbocycles. The molecule has 1 aliphatic heterocycles. The maximum absolute atomic E-state index is 12.7. The van der Waals surface area contributed by atoms with Gasteiger partial charge in [0, 0.05) is 27.5 Å². The maximum Gasteiger partial charge on any atom is 0.326 e. The fourth-order valence-electron chi connectivity index (χ4n) is 3.88. The number of nitrogens with zero attached hydrogens (tertiary/aromatic N) is 1. The summed E-state index contributed by atoms with van der Waals surface area (Å²) >= 11 is 9.40. The van der Waals surface area contributed by atoms with E-state index in [0.717, 1.165) is 32.2 Å². The second-order valence-electron chi connectivity index (χ2n) is 6.48. The van der Waals surface area contributed by atoms with Crippen LogP contribution in [0.4, 0.5) is 0 Å². The summed E-state index contributed by atoms with van der Waals surface area (Å²) in [6, 6.07) is 13.7. The first-order valence-electron chi connectivity index (χ1n) is 8.46. The number of alkyl halides is 1. The molecule has 2 heterocycles. The number of hydrogen-bond donors (Lipinski definition) is 2. The lowest BCUT2D eigenvalue weighted by Gasteiger charge is -2.40. The normalized spacial score (nSPS) is 19.1. The Balaban J connectivity index is 2.02. The summed E-state index contributed by atoms with van der Waals surface area (Å²) < 4.78 is 0.804. The summed E-state index contributed by atoms with van der Waals surface area (Å²) in [6.07, 6.45) is 0.234. The van der Waals surface area contributed by atoms with Gasteiger partial charge in [0.05, 0.1) is 6.04 Å². The lowest BCUT2D eigenvalue weighted by atomic mass is 9.88. The van der Waals surface area contributed by atoms with Gasteiger partial charge in [-0.15, -0.1) is 11.6 Å². The second-order valence-corrected chi connectivity index (χ2v) is 7.60. The van der Waals surface area contributed by atoms with Crippen molar-refractivity contribution in [1.82, 2.24) is 9.88 Å². The predicted molar refractivity (Wildman–Crippen MR) is 107 cm³/mol. The quantitative estimate of drug-likeness (QED) is 0.594. The molecule has 3 aromatic rings. The van der Waals surface area contributed by atoms with Gasteiger partial charge in [0.1, 0.15) is 11.9 Å². The summed E-state index contributed by atoms with van der Waals surface area (Å²) in [4.78, 5) is 29.6. The highest BCUT2D eigenvalue weighted by atomic mass is 79.9. The van der Waals surface area contributed by atoms with E-state index in [1.807, 2.05) is 48.5 Å². The van der Waals surface area contributed by atoms with Gasteiger partial charge < -0.3 is 15.0 Å². The summed E-state index contributed by atoms with van der Waals surface area (Å²) in [6.45, 7) is 0. The van der Waals surface area contributed by atoms with Crippen molar-refractivity contribution in [2.75, 3.05) is 5.88 Å². The van der Waals surface area contributed by atoms with Crippen LogP contribution in [-0.2, 0) is 16.0 Å². The molecule has 2 N–H and O–H groups in total. The number of fused-ring (bicyclic) bond motifs is 3. The number of carboxylic acid groups (broad SMARTS) is 1. The Kier molecular flexibility index (Phi) is 4.70. The monoisotopic (exact) mass is 446 g/mol. The molecule has 0 saturated carbocycles. The van der Waals surface area contributed by atoms with Gasteiger partial charge in [-0.25, -0.2) is 4.79 Å². The summed E-state index contributed by atoms with van der Waals surface area (Å²) in [5.74, 6) is -1.73. The number of para-hydroxylation sites is 1. The number of carbonyl (C=O) groups is 2. The Morgan fingerprint density at radius 2 is 1.89 bits per heavy atom. The molecule has 0 saturated heterocycles. The average Bonchev–Trinajstić information content (AvgIpc) is 3.05. The van der Waals surface area contributed by atoms with Crippen LogP contribution in [0.2, 0.25) is 0 Å². The van der Waals surface area contributed by atoms with E-state index < -0.39 is 24.0 Å². The number of carboxylic acids is 1. The summed E-state index contributed by atoms with van der Waals surface area (Å²) in [5, 5.41) is 10.8. The van der Waals surface area contributed by atoms with Crippen molar-refractivity contribution in [3.8, 4) is 0 Å². The smallest absolute Gasteiger partial charge is 0.326 e. The number of benzene rings is 2. The van der Waals surface area contributed by atoms with Crippen LogP contribution in [0.25, 0.3) is 10.9 Å². The first-order chi connectivity index (χ1) is 13.0. The zero-order chi connectivity index (χ0) is 19.1. The molecule has 0 radical (unpaired) electrons. The third kappa shape index (κ3) is 2.93. The van der Waals surface area contributed by atoms with Crippen LogP contribution in [0.15, 0.2) is 53.0 Å². The standard InChI is InChI=1S/C20H16BrClN2O3/c21-14-7-3-1-6-12(14)19-18-13(11-5-2-4-8-15(11)23-18)9-16(20(26)27)24(19)17(25)10-22/h1-8,16,19,23H,9-10H2,(H,26,27)/t16-,19-/m1/s1. The molecule has 0 unspecified atom stereocenters. The minimum atomic E-state index is -1.04. The number of rotatable bonds is 3. The van der Waals surface area contributed by atoms with Crippen LogP contribution in [0.5, 0.6) is 0 Å². The van der Waals surface area contributed by atoms with E-state index in [2.05, 4.69) is 20.9 Å². The van der Waals surface area contributed by atoms with Crippen LogP contribution in [0.3, 0.4) is 0 Å². The molecule has 5 nitrogen and oxygen atoms in total. The molecular weight excluding hydrogens is 432 g/mol. The molecule has 0 fully saturated rings. The largest absolute Gasteiger partial charge is 0.480 e. The topological polar surface area (TPSA) is 73.4 Å². The molecule has 1 aromatic heterocycles. The highest BCUT2D eigenvalue weighted by Gasteiger charge is 2.43. The van der Waals surface area contributed by atoms with E-state index in [4.69, 9.17) is 11.6 Å². The van der Waals surface area contributed by atoms with Gasteiger partial charge in [-0.05, 0) is 23.3 Å². The number of nitrogens with one attached hydrogen (secondary N) is 1. The van der Waals surface area contributed by atoms with Crippen LogP contribution in [0.1, 0.15) is 22.9 Å². The van der Waals surface area contributed by atoms with Gasteiger partial charge in [0.2, 0.25) is 5.91 Å². The lowest BCUT2D eigenvalue weighted by molar-refractivity contribution is -0.151. The molecule has 7 heteroatoms. The highest BCUT2D eigenvalue weighted by Crippen LogP contribution is 2.42. The Hall–Kier alpha value is -2.31. The van der Waals surface area contributed by atoms with Gasteiger partial charge in [-0.3, -0.25) is 4.79 Å². The molecule has 1 aliphatic rings. The fourth-order valence-corrected chi connectivity index (χ4v) is 4.52. The van der Waals surface area contributed by atoms with E-state index in [1.54, 1.807) is 0 Å². The van der Waals surface area contributed by atoms with E-state index in [-0.39, 0.29) is 12.3 Å². The Morgan fingerprint density at radius 3 is 2.59 bits per heavy atom. The van der Waals surface area contributed by atoms with Crippen LogP contribution in [0, 0.1) is 0 Å². The summed E-state index contributed by atoms with van der Waals surface area (Å²) in [7, 11) is 0. The Labute approximate surface area is 169 Å². The van der Waals surface area contributed by atoms with Crippen molar-refractivity contribution < 1.29 is 14.7 Å². The molecule has 2 aromatic carbocycles. The SMILES string of the molecule is O=C(O)[C@H]1Cc2c([nH]c3ccccc23)[C@@H](c2ccccc2Br)N1C(=O)CCl. The molecule has 2 atom stereocenters. The average molecular weight is 448 g/mol. The molecule has 0 bridgehead atoms. The fraction of sp³-hybridized carbons (Fsp3) is 0.200. The van der Waals surface area contributed by atoms with E-state index in [1.165, 1.54) is 4.90 Å². The molecule has 27 heavy (non-hydrogen) atoms. The van der Waals surface area contributed by atoms with E-state index in [0.29, 0.717) is 0 Å². The highest BCUT2D eigenvalue weighted by molar-refractivity contribution is 9.10. The first-order valence-corrected chi connectivity index (χ1v) is 9.79. The minimum absolute atomic E-state index is 0.234. The van der Waals surface area contributed by atoms with Crippen LogP contribution in [-0.4, -0.2) is 38.8 Å². The van der Waals surface area contributed by atoms with Gasteiger partial charge in [0.25, 0.3) is 0 Å². The lowest BCUT2D eigenvalue weighted by Crippen LogP contribution is -2.52. The molecule has 0 spiro atoms. The number of halogens is 2. The zero-order valence-corrected chi connectivity index (χ0v) is 16.5. The van der Waals surface area contributed by atoms with Crippen molar-refractivity contribution in [3.05, 3.63) is 69.8 Å². The van der Waals surface area contributed by atoms with Crippen LogP contribution < -0.4 is 0 Å². The van der Waals surface area contributed by atoms with Crippen molar-refractivity contribution in [3.63, 3.8) is 0 Å². The van der Waals surface area contributed by atoms with Crippen molar-refractivity contribution >= 4 is 50.3 Å². The first kappa shape index (κ1) is 18.1. The van der Waals surface area contributed by atoms with Crippen molar-refractivity contribution in [1.29, 1.82) is 0 Å². The van der Waals surface area contributed by atoms with E-state index >= 15 is 0 Å². The number of aromatic amines is 1. The summed E-state index contributed by atoms with van der Waals surface area (Å²) in [5.41, 5.74) is 3.50. The molecular formula is C20H16BrClN2O3. The number of amides is 1. The van der Waals surface area contributed by atoms with Gasteiger partial charge in [-0.1, -0.05) is 52.3 Å². The minimum Gasteiger partial charge on any atom is -0.480 e. The van der Waals surface area contributed by atoms with Gasteiger partial charge in [-0.2, -0.15) is 0 Å². The van der Waals surface area contributed by atoms with Gasteiger partial charge in [0.15, 0.2) is 0 Å². The Bertz CT molecular complexity index is 1050. The second kappa shape index (κ2) is 7.02. The third-order valence-corrected chi connectivity index (χ3v) is 5.97. The molecule has 1 amide bonds. The van der Waals surface area contributed by atoms with E-state index in [9.17, 15) is 14.7 Å². The maximum atomic E-state index is 12.7. The predicted octanol–water partition coefficient (Wildman–Crippen LogP) is 4.10. The number of aliphatic carboxylic acids is 1. The van der Waals surface area contributed by atoms with Crippen LogP contribution >= 0.6 is 27.5 Å². The molecule has 4 rings (SSSR count). The molecule has 138 valence electrons.